The van der Waals surface area contributed by atoms with Crippen molar-refractivity contribution in [3.8, 4) is 0 Å². The summed E-state index contributed by atoms with van der Waals surface area (Å²) in [5.41, 5.74) is 0. The van der Waals surface area contributed by atoms with E-state index in [-0.39, 0.29) is 11.8 Å². The van der Waals surface area contributed by atoms with Crippen LogP contribution in [0.25, 0.3) is 0 Å². The molecule has 82 valence electrons. The molecule has 0 aliphatic heterocycles. The van der Waals surface area contributed by atoms with Crippen molar-refractivity contribution in [3.05, 3.63) is 0 Å². The number of methoxy groups -OCH3 is 1. The van der Waals surface area contributed by atoms with Gasteiger partial charge in [0.2, 0.25) is 5.91 Å². The molecule has 0 saturated heterocycles. The highest BCUT2D eigenvalue weighted by Crippen LogP contribution is 2.02. The molecule has 1 atom stereocenters. The Balaban J connectivity index is 4.09. The molecule has 0 rings (SSSR count). The van der Waals surface area contributed by atoms with Crippen LogP contribution in [0.1, 0.15) is 6.42 Å². The highest BCUT2D eigenvalue weighted by atomic mass is 35.5. The van der Waals surface area contributed by atoms with Crippen LogP contribution < -0.4 is 5.32 Å². The molecular formula is C8H14ClNO3S. The minimum Gasteiger partial charge on any atom is -0.467 e. The van der Waals surface area contributed by atoms with Gasteiger partial charge in [-0.25, -0.2) is 4.79 Å². The molecule has 0 radical (unpaired) electrons. The number of halogens is 1. The van der Waals surface area contributed by atoms with E-state index in [4.69, 9.17) is 11.6 Å². The Hall–Kier alpha value is -0.420. The van der Waals surface area contributed by atoms with Gasteiger partial charge < -0.3 is 10.1 Å². The fourth-order valence-corrected chi connectivity index (χ4v) is 1.41. The van der Waals surface area contributed by atoms with Crippen LogP contribution in [0.5, 0.6) is 0 Å². The van der Waals surface area contributed by atoms with Crippen molar-refractivity contribution >= 4 is 35.2 Å². The van der Waals surface area contributed by atoms with Crippen LogP contribution in [0, 0.1) is 0 Å². The van der Waals surface area contributed by atoms with Gasteiger partial charge >= 0.3 is 5.97 Å². The number of thioether (sulfide) groups is 1. The second-order valence-corrected chi connectivity index (χ2v) is 3.81. The highest BCUT2D eigenvalue weighted by molar-refractivity contribution is 7.98. The van der Waals surface area contributed by atoms with Gasteiger partial charge in [-0.15, -0.1) is 11.6 Å². The molecule has 6 heteroatoms. The number of carbonyl (C=O) groups excluding carboxylic acids is 2. The molecule has 1 N–H and O–H groups in total. The van der Waals surface area contributed by atoms with Gasteiger partial charge in [-0.1, -0.05) is 0 Å². The SMILES string of the molecule is COC(=O)[C@H](CCSC)NC(=O)CCl. The third kappa shape index (κ3) is 5.34. The van der Waals surface area contributed by atoms with E-state index in [0.717, 1.165) is 5.75 Å². The fraction of sp³-hybridized carbons (Fsp3) is 0.750. The number of hydrogen-bond acceptors (Lipinski definition) is 4. The van der Waals surface area contributed by atoms with Gasteiger partial charge in [0.25, 0.3) is 0 Å². The van der Waals surface area contributed by atoms with Crippen molar-refractivity contribution in [2.45, 2.75) is 12.5 Å². The molecular weight excluding hydrogens is 226 g/mol. The number of esters is 1. The zero-order chi connectivity index (χ0) is 11.0. The Labute approximate surface area is 92.7 Å². The van der Waals surface area contributed by atoms with E-state index in [1.807, 2.05) is 6.26 Å². The average molecular weight is 240 g/mol. The monoisotopic (exact) mass is 239 g/mol. The van der Waals surface area contributed by atoms with Gasteiger partial charge in [-0.05, 0) is 18.4 Å². The quantitative estimate of drug-likeness (QED) is 0.546. The zero-order valence-electron chi connectivity index (χ0n) is 8.21. The van der Waals surface area contributed by atoms with Crippen LogP contribution in [-0.4, -0.2) is 42.9 Å². The number of carbonyl (C=O) groups is 2. The summed E-state index contributed by atoms with van der Waals surface area (Å²) in [7, 11) is 1.29. The molecule has 0 saturated carbocycles. The van der Waals surface area contributed by atoms with Crippen molar-refractivity contribution in [2.75, 3.05) is 25.0 Å². The van der Waals surface area contributed by atoms with Crippen molar-refractivity contribution in [2.24, 2.45) is 0 Å². The summed E-state index contributed by atoms with van der Waals surface area (Å²) in [5, 5.41) is 2.49. The van der Waals surface area contributed by atoms with E-state index in [1.54, 1.807) is 11.8 Å². The van der Waals surface area contributed by atoms with E-state index in [2.05, 4.69) is 10.1 Å². The number of alkyl halides is 1. The minimum absolute atomic E-state index is 0.146. The van der Waals surface area contributed by atoms with Gasteiger partial charge in [0.1, 0.15) is 11.9 Å². The largest absolute Gasteiger partial charge is 0.467 e. The highest BCUT2D eigenvalue weighted by Gasteiger charge is 2.20. The molecule has 1 amide bonds. The van der Waals surface area contributed by atoms with E-state index in [9.17, 15) is 9.59 Å². The van der Waals surface area contributed by atoms with Crippen molar-refractivity contribution in [3.63, 3.8) is 0 Å². The minimum atomic E-state index is -0.585. The van der Waals surface area contributed by atoms with E-state index in [0.29, 0.717) is 6.42 Å². The lowest BCUT2D eigenvalue weighted by molar-refractivity contribution is -0.144. The number of amides is 1. The molecule has 0 unspecified atom stereocenters. The van der Waals surface area contributed by atoms with Gasteiger partial charge in [-0.2, -0.15) is 11.8 Å². The zero-order valence-corrected chi connectivity index (χ0v) is 9.78. The molecule has 0 spiro atoms. The summed E-state index contributed by atoms with van der Waals surface area (Å²) in [4.78, 5) is 22.1. The maximum Gasteiger partial charge on any atom is 0.328 e. The van der Waals surface area contributed by atoms with Crippen LogP contribution in [-0.2, 0) is 14.3 Å². The smallest absolute Gasteiger partial charge is 0.328 e. The van der Waals surface area contributed by atoms with E-state index < -0.39 is 12.0 Å². The summed E-state index contributed by atoms with van der Waals surface area (Å²) in [6.45, 7) is 0. The molecule has 4 nitrogen and oxygen atoms in total. The van der Waals surface area contributed by atoms with E-state index >= 15 is 0 Å². The maximum atomic E-state index is 11.2. The lowest BCUT2D eigenvalue weighted by Crippen LogP contribution is -2.42. The summed E-state index contributed by atoms with van der Waals surface area (Å²) in [5.74, 6) is -0.157. The predicted octanol–water partition coefficient (Wildman–Crippen LogP) is 0.636. The summed E-state index contributed by atoms with van der Waals surface area (Å²) >= 11 is 6.91. The molecule has 0 aromatic carbocycles. The van der Waals surface area contributed by atoms with Crippen LogP contribution in [0.4, 0.5) is 0 Å². The normalized spacial score (nSPS) is 11.9. The van der Waals surface area contributed by atoms with Crippen LogP contribution in [0.2, 0.25) is 0 Å². The van der Waals surface area contributed by atoms with Crippen LogP contribution in [0.3, 0.4) is 0 Å². The Morgan fingerprint density at radius 1 is 1.57 bits per heavy atom. The van der Waals surface area contributed by atoms with Gasteiger partial charge in [0.05, 0.1) is 7.11 Å². The van der Waals surface area contributed by atoms with Gasteiger partial charge in [0.15, 0.2) is 0 Å². The van der Waals surface area contributed by atoms with E-state index in [1.165, 1.54) is 7.11 Å². The molecule has 0 bridgehead atoms. The number of hydrogen-bond donors (Lipinski definition) is 1. The van der Waals surface area contributed by atoms with Crippen molar-refractivity contribution in [1.29, 1.82) is 0 Å². The third-order valence-corrected chi connectivity index (χ3v) is 2.44. The molecule has 0 heterocycles. The Morgan fingerprint density at radius 3 is 2.64 bits per heavy atom. The molecule has 0 aliphatic carbocycles. The second-order valence-electron chi connectivity index (χ2n) is 2.56. The molecule has 14 heavy (non-hydrogen) atoms. The van der Waals surface area contributed by atoms with Crippen molar-refractivity contribution < 1.29 is 14.3 Å². The second kappa shape index (κ2) is 7.94. The van der Waals surface area contributed by atoms with Crippen LogP contribution in [0.15, 0.2) is 0 Å². The lowest BCUT2D eigenvalue weighted by Gasteiger charge is -2.14. The molecule has 0 aromatic rings. The molecule has 0 aliphatic rings. The topological polar surface area (TPSA) is 55.4 Å². The van der Waals surface area contributed by atoms with Crippen molar-refractivity contribution in [1.82, 2.24) is 5.32 Å². The third-order valence-electron chi connectivity index (χ3n) is 1.55. The molecule has 0 fully saturated rings. The Bertz CT molecular complexity index is 201. The number of rotatable bonds is 6. The standard InChI is InChI=1S/C8H14ClNO3S/c1-13-8(12)6(3-4-14-2)10-7(11)5-9/h6H,3-5H2,1-2H3,(H,10,11)/t6-/m0/s1. The first kappa shape index (κ1) is 13.6. The first-order chi connectivity index (χ1) is 6.65. The fourth-order valence-electron chi connectivity index (χ4n) is 0.860. The number of nitrogens with one attached hydrogen (secondary N) is 1. The van der Waals surface area contributed by atoms with Gasteiger partial charge in [-0.3, -0.25) is 4.79 Å². The molecule has 0 aromatic heterocycles. The Kier molecular flexibility index (Phi) is 7.70. The Morgan fingerprint density at radius 2 is 2.21 bits per heavy atom. The first-order valence-electron chi connectivity index (χ1n) is 4.07. The number of ether oxygens (including phenoxy) is 1. The maximum absolute atomic E-state index is 11.2. The van der Waals surface area contributed by atoms with Crippen LogP contribution >= 0.6 is 23.4 Å². The first-order valence-corrected chi connectivity index (χ1v) is 6.00. The summed E-state index contributed by atoms with van der Waals surface area (Å²) in [6.07, 6.45) is 2.48. The summed E-state index contributed by atoms with van der Waals surface area (Å²) in [6, 6.07) is -0.585. The predicted molar refractivity (Wildman–Crippen MR) is 57.7 cm³/mol. The van der Waals surface area contributed by atoms with Gasteiger partial charge in [0, 0.05) is 0 Å². The summed E-state index contributed by atoms with van der Waals surface area (Å²) < 4.78 is 4.55. The lowest BCUT2D eigenvalue weighted by atomic mass is 10.2. The average Bonchev–Trinajstić information content (AvgIpc) is 2.22.